The van der Waals surface area contributed by atoms with Crippen LogP contribution < -0.4 is 4.72 Å². The minimum absolute atomic E-state index is 0.0319. The first-order valence-electron chi connectivity index (χ1n) is 6.83. The van der Waals surface area contributed by atoms with Crippen molar-refractivity contribution in [2.75, 3.05) is 0 Å². The van der Waals surface area contributed by atoms with Crippen LogP contribution in [0.3, 0.4) is 0 Å². The van der Waals surface area contributed by atoms with Crippen LogP contribution in [0.1, 0.15) is 25.5 Å². The number of hydrogen-bond acceptors (Lipinski definition) is 2. The van der Waals surface area contributed by atoms with Gasteiger partial charge >= 0.3 is 0 Å². The summed E-state index contributed by atoms with van der Waals surface area (Å²) in [5, 5.41) is 0. The van der Waals surface area contributed by atoms with Crippen LogP contribution in [0.15, 0.2) is 53.4 Å². The van der Waals surface area contributed by atoms with E-state index in [1.165, 1.54) is 0 Å². The molecule has 0 bridgehead atoms. The molecule has 0 heterocycles. The molecule has 2 aromatic carbocycles. The standard InChI is InChI=1S/C16H17F2NO2S/c1-11(2)16(12-6-4-3-5-7-12)19-22(20,21)15-9-13(17)8-14(18)10-15/h3-11,16,19H,1-2H3. The molecule has 0 spiro atoms. The second-order valence-corrected chi connectivity index (χ2v) is 7.07. The molecule has 0 saturated carbocycles. The lowest BCUT2D eigenvalue weighted by Gasteiger charge is -2.22. The van der Waals surface area contributed by atoms with Crippen molar-refractivity contribution in [1.29, 1.82) is 0 Å². The number of benzene rings is 2. The smallest absolute Gasteiger partial charge is 0.207 e. The fraction of sp³-hybridized carbons (Fsp3) is 0.250. The van der Waals surface area contributed by atoms with Crippen molar-refractivity contribution >= 4 is 10.0 Å². The van der Waals surface area contributed by atoms with Crippen molar-refractivity contribution in [3.05, 3.63) is 65.7 Å². The summed E-state index contributed by atoms with van der Waals surface area (Å²) in [6.07, 6.45) is 0. The number of halogens is 2. The Hall–Kier alpha value is -1.79. The summed E-state index contributed by atoms with van der Waals surface area (Å²) in [5.41, 5.74) is 0.790. The Morgan fingerprint density at radius 1 is 0.955 bits per heavy atom. The van der Waals surface area contributed by atoms with E-state index in [-0.39, 0.29) is 5.92 Å². The molecule has 2 rings (SSSR count). The summed E-state index contributed by atoms with van der Waals surface area (Å²) in [7, 11) is -4.03. The predicted molar refractivity (Wildman–Crippen MR) is 80.7 cm³/mol. The summed E-state index contributed by atoms with van der Waals surface area (Å²) in [6, 6.07) is 10.8. The topological polar surface area (TPSA) is 46.2 Å². The van der Waals surface area contributed by atoms with Crippen molar-refractivity contribution < 1.29 is 17.2 Å². The fourth-order valence-electron chi connectivity index (χ4n) is 2.17. The van der Waals surface area contributed by atoms with Crippen LogP contribution in [0, 0.1) is 17.6 Å². The van der Waals surface area contributed by atoms with Gasteiger partial charge in [-0.3, -0.25) is 0 Å². The molecule has 1 atom stereocenters. The zero-order chi connectivity index (χ0) is 16.3. The Labute approximate surface area is 129 Å². The molecule has 1 unspecified atom stereocenters. The van der Waals surface area contributed by atoms with Crippen molar-refractivity contribution in [1.82, 2.24) is 4.72 Å². The van der Waals surface area contributed by atoms with Gasteiger partial charge in [0.1, 0.15) is 11.6 Å². The normalized spacial score (nSPS) is 13.3. The molecule has 0 saturated heterocycles. The Morgan fingerprint density at radius 3 is 2.00 bits per heavy atom. The molecule has 2 aromatic rings. The molecule has 0 aliphatic heterocycles. The summed E-state index contributed by atoms with van der Waals surface area (Å²) >= 11 is 0. The third-order valence-corrected chi connectivity index (χ3v) is 4.67. The molecule has 0 radical (unpaired) electrons. The van der Waals surface area contributed by atoms with Crippen LogP contribution in [-0.2, 0) is 10.0 Å². The number of hydrogen-bond donors (Lipinski definition) is 1. The van der Waals surface area contributed by atoms with Crippen molar-refractivity contribution in [3.63, 3.8) is 0 Å². The number of sulfonamides is 1. The van der Waals surface area contributed by atoms with E-state index >= 15 is 0 Å². The zero-order valence-electron chi connectivity index (χ0n) is 12.3. The monoisotopic (exact) mass is 325 g/mol. The summed E-state index contributed by atoms with van der Waals surface area (Å²) < 4.78 is 53.8. The van der Waals surface area contributed by atoms with E-state index in [1.807, 2.05) is 19.9 Å². The predicted octanol–water partition coefficient (Wildman–Crippen LogP) is 3.64. The molecular weight excluding hydrogens is 308 g/mol. The zero-order valence-corrected chi connectivity index (χ0v) is 13.1. The third-order valence-electron chi connectivity index (χ3n) is 3.25. The quantitative estimate of drug-likeness (QED) is 0.912. The maximum atomic E-state index is 13.2. The van der Waals surface area contributed by atoms with Crippen molar-refractivity contribution in [3.8, 4) is 0 Å². The molecule has 0 amide bonds. The van der Waals surface area contributed by atoms with E-state index in [1.54, 1.807) is 24.3 Å². The highest BCUT2D eigenvalue weighted by atomic mass is 32.2. The molecule has 0 aromatic heterocycles. The van der Waals surface area contributed by atoms with Gasteiger partial charge in [-0.05, 0) is 23.6 Å². The highest BCUT2D eigenvalue weighted by molar-refractivity contribution is 7.89. The first-order valence-corrected chi connectivity index (χ1v) is 8.31. The average Bonchev–Trinajstić information content (AvgIpc) is 2.44. The van der Waals surface area contributed by atoms with Gasteiger partial charge in [0.15, 0.2) is 0 Å². The van der Waals surface area contributed by atoms with Gasteiger partial charge in [0.05, 0.1) is 4.90 Å². The van der Waals surface area contributed by atoms with E-state index in [9.17, 15) is 17.2 Å². The highest BCUT2D eigenvalue weighted by Gasteiger charge is 2.24. The minimum atomic E-state index is -4.03. The first-order chi connectivity index (χ1) is 10.3. The van der Waals surface area contributed by atoms with E-state index in [0.717, 1.165) is 17.7 Å². The Morgan fingerprint density at radius 2 is 1.50 bits per heavy atom. The van der Waals surface area contributed by atoms with Gasteiger partial charge in [-0.25, -0.2) is 21.9 Å². The van der Waals surface area contributed by atoms with Gasteiger partial charge in [-0.2, -0.15) is 0 Å². The molecule has 3 nitrogen and oxygen atoms in total. The number of rotatable bonds is 5. The minimum Gasteiger partial charge on any atom is -0.207 e. The summed E-state index contributed by atoms with van der Waals surface area (Å²) in [6.45, 7) is 3.73. The maximum Gasteiger partial charge on any atom is 0.241 e. The van der Waals surface area contributed by atoms with E-state index in [4.69, 9.17) is 0 Å². The Kier molecular flexibility index (Phi) is 4.93. The van der Waals surface area contributed by atoms with E-state index in [2.05, 4.69) is 4.72 Å². The van der Waals surface area contributed by atoms with Gasteiger partial charge in [0, 0.05) is 12.1 Å². The van der Waals surface area contributed by atoms with Crippen LogP contribution in [0.2, 0.25) is 0 Å². The van der Waals surface area contributed by atoms with Crippen LogP contribution in [0.5, 0.6) is 0 Å². The van der Waals surface area contributed by atoms with E-state index < -0.39 is 32.6 Å². The Balaban J connectivity index is 2.37. The average molecular weight is 325 g/mol. The van der Waals surface area contributed by atoms with Crippen LogP contribution in [0.4, 0.5) is 8.78 Å². The highest BCUT2D eigenvalue weighted by Crippen LogP contribution is 2.24. The molecule has 6 heteroatoms. The van der Waals surface area contributed by atoms with E-state index in [0.29, 0.717) is 6.07 Å². The van der Waals surface area contributed by atoms with Gasteiger partial charge in [0.2, 0.25) is 10.0 Å². The second kappa shape index (κ2) is 6.54. The summed E-state index contributed by atoms with van der Waals surface area (Å²) in [5.74, 6) is -1.89. The molecule has 0 aliphatic carbocycles. The largest absolute Gasteiger partial charge is 0.241 e. The van der Waals surface area contributed by atoms with Gasteiger partial charge in [-0.1, -0.05) is 44.2 Å². The molecule has 1 N–H and O–H groups in total. The lowest BCUT2D eigenvalue weighted by atomic mass is 9.97. The lowest BCUT2D eigenvalue weighted by molar-refractivity contribution is 0.462. The number of nitrogens with one attached hydrogen (secondary N) is 1. The second-order valence-electron chi connectivity index (χ2n) is 5.36. The fourth-order valence-corrected chi connectivity index (χ4v) is 3.58. The molecule has 0 aliphatic rings. The van der Waals surface area contributed by atoms with Crippen molar-refractivity contribution in [2.24, 2.45) is 5.92 Å². The summed E-state index contributed by atoms with van der Waals surface area (Å²) in [4.78, 5) is -0.424. The maximum absolute atomic E-state index is 13.2. The van der Waals surface area contributed by atoms with Crippen LogP contribution in [0.25, 0.3) is 0 Å². The van der Waals surface area contributed by atoms with Crippen LogP contribution in [-0.4, -0.2) is 8.42 Å². The lowest BCUT2D eigenvalue weighted by Crippen LogP contribution is -2.32. The van der Waals surface area contributed by atoms with Gasteiger partial charge < -0.3 is 0 Å². The van der Waals surface area contributed by atoms with Crippen molar-refractivity contribution in [2.45, 2.75) is 24.8 Å². The molecule has 22 heavy (non-hydrogen) atoms. The first kappa shape index (κ1) is 16.6. The van der Waals surface area contributed by atoms with Gasteiger partial charge in [0.25, 0.3) is 0 Å². The molecule has 118 valence electrons. The molecular formula is C16H17F2NO2S. The van der Waals surface area contributed by atoms with Crippen LogP contribution >= 0.6 is 0 Å². The Bertz CT molecular complexity index is 726. The van der Waals surface area contributed by atoms with Gasteiger partial charge in [-0.15, -0.1) is 0 Å². The molecule has 0 fully saturated rings. The SMILES string of the molecule is CC(C)C(NS(=O)(=O)c1cc(F)cc(F)c1)c1ccccc1. The third kappa shape index (κ3) is 3.90.